The third kappa shape index (κ3) is 2.91. The van der Waals surface area contributed by atoms with Crippen molar-refractivity contribution in [3.8, 4) is 0 Å². The first-order valence-corrected chi connectivity index (χ1v) is 8.46. The Kier molecular flexibility index (Phi) is 4.26. The molecule has 1 amide bonds. The average molecular weight is 300 g/mol. The van der Waals surface area contributed by atoms with Crippen molar-refractivity contribution in [3.63, 3.8) is 0 Å². The molecule has 3 rings (SSSR count). The predicted molar refractivity (Wildman–Crippen MR) is 90.0 cm³/mol. The Morgan fingerprint density at radius 1 is 0.909 bits per heavy atom. The molecular formula is C19H28N2O. The van der Waals surface area contributed by atoms with Gasteiger partial charge in [-0.3, -0.25) is 4.79 Å². The molecule has 3 nitrogen and oxygen atoms in total. The fourth-order valence-electron chi connectivity index (χ4n) is 4.36. The Hall–Kier alpha value is -1.35. The topological polar surface area (TPSA) is 23.6 Å². The number of amides is 1. The van der Waals surface area contributed by atoms with Crippen LogP contribution in [0.1, 0.15) is 41.6 Å². The van der Waals surface area contributed by atoms with Gasteiger partial charge in [-0.15, -0.1) is 0 Å². The minimum absolute atomic E-state index is 0.175. The second-order valence-electron chi connectivity index (χ2n) is 7.52. The molecule has 0 heterocycles. The lowest BCUT2D eigenvalue weighted by atomic mass is 10.0. The SMILES string of the molecule is Cc1ccc(C(=O)N(C)C2C[C@H]3CC(N(C)C)C[C@H]3C2)cc1. The summed E-state index contributed by atoms with van der Waals surface area (Å²) >= 11 is 0. The van der Waals surface area contributed by atoms with E-state index in [4.69, 9.17) is 0 Å². The summed E-state index contributed by atoms with van der Waals surface area (Å²) in [6.07, 6.45) is 4.98. The van der Waals surface area contributed by atoms with Gasteiger partial charge in [-0.05, 0) is 70.7 Å². The maximum absolute atomic E-state index is 12.7. The van der Waals surface area contributed by atoms with Crippen LogP contribution in [0, 0.1) is 18.8 Å². The molecule has 2 unspecified atom stereocenters. The quantitative estimate of drug-likeness (QED) is 0.856. The Morgan fingerprint density at radius 2 is 1.41 bits per heavy atom. The van der Waals surface area contributed by atoms with Crippen LogP contribution in [0.15, 0.2) is 24.3 Å². The first-order chi connectivity index (χ1) is 10.5. The van der Waals surface area contributed by atoms with Crippen molar-refractivity contribution >= 4 is 5.91 Å². The van der Waals surface area contributed by atoms with Gasteiger partial charge in [-0.1, -0.05) is 17.7 Å². The van der Waals surface area contributed by atoms with Gasteiger partial charge in [-0.2, -0.15) is 0 Å². The number of rotatable bonds is 3. The van der Waals surface area contributed by atoms with Crippen molar-refractivity contribution in [1.82, 2.24) is 9.80 Å². The lowest BCUT2D eigenvalue weighted by Gasteiger charge is -2.27. The fourth-order valence-corrected chi connectivity index (χ4v) is 4.36. The minimum atomic E-state index is 0.175. The summed E-state index contributed by atoms with van der Waals surface area (Å²) in [4.78, 5) is 17.0. The van der Waals surface area contributed by atoms with Crippen LogP contribution in [-0.4, -0.2) is 48.9 Å². The summed E-state index contributed by atoms with van der Waals surface area (Å²) in [5, 5.41) is 0. The molecule has 2 aliphatic rings. The van der Waals surface area contributed by atoms with Gasteiger partial charge in [0.25, 0.3) is 5.91 Å². The molecule has 0 aliphatic heterocycles. The van der Waals surface area contributed by atoms with E-state index in [9.17, 15) is 4.79 Å². The molecule has 3 heteroatoms. The van der Waals surface area contributed by atoms with Crippen LogP contribution in [0.2, 0.25) is 0 Å². The molecule has 0 N–H and O–H groups in total. The van der Waals surface area contributed by atoms with Gasteiger partial charge in [0.15, 0.2) is 0 Å². The van der Waals surface area contributed by atoms with E-state index >= 15 is 0 Å². The summed E-state index contributed by atoms with van der Waals surface area (Å²) in [7, 11) is 6.36. The Balaban J connectivity index is 1.62. The van der Waals surface area contributed by atoms with Gasteiger partial charge >= 0.3 is 0 Å². The Morgan fingerprint density at radius 3 is 1.91 bits per heavy atom. The van der Waals surface area contributed by atoms with Gasteiger partial charge in [0.2, 0.25) is 0 Å². The lowest BCUT2D eigenvalue weighted by molar-refractivity contribution is 0.0726. The molecule has 2 saturated carbocycles. The number of fused-ring (bicyclic) bond motifs is 1. The summed E-state index contributed by atoms with van der Waals surface area (Å²) in [6.45, 7) is 2.05. The van der Waals surface area contributed by atoms with E-state index in [-0.39, 0.29) is 5.91 Å². The normalized spacial score (nSPS) is 30.6. The number of nitrogens with zero attached hydrogens (tertiary/aromatic N) is 2. The highest BCUT2D eigenvalue weighted by atomic mass is 16.2. The van der Waals surface area contributed by atoms with E-state index in [1.165, 1.54) is 31.2 Å². The zero-order valence-electron chi connectivity index (χ0n) is 14.2. The largest absolute Gasteiger partial charge is 0.339 e. The predicted octanol–water partition coefficient (Wildman–Crippen LogP) is 3.19. The number of hydrogen-bond acceptors (Lipinski definition) is 2. The van der Waals surface area contributed by atoms with Gasteiger partial charge < -0.3 is 9.80 Å². The monoisotopic (exact) mass is 300 g/mol. The first-order valence-electron chi connectivity index (χ1n) is 8.46. The van der Waals surface area contributed by atoms with E-state index in [0.29, 0.717) is 6.04 Å². The van der Waals surface area contributed by atoms with E-state index < -0.39 is 0 Å². The third-order valence-electron chi connectivity index (χ3n) is 5.86. The number of carbonyl (C=O) groups excluding carboxylic acids is 1. The van der Waals surface area contributed by atoms with Crippen molar-refractivity contribution in [3.05, 3.63) is 35.4 Å². The molecule has 4 atom stereocenters. The molecule has 120 valence electrons. The number of carbonyl (C=O) groups is 1. The lowest BCUT2D eigenvalue weighted by Crippen LogP contribution is -2.36. The Bertz CT molecular complexity index is 523. The van der Waals surface area contributed by atoms with Gasteiger partial charge in [-0.25, -0.2) is 0 Å². The summed E-state index contributed by atoms with van der Waals surface area (Å²) in [6, 6.07) is 9.11. The third-order valence-corrected chi connectivity index (χ3v) is 5.86. The molecule has 0 spiro atoms. The van der Waals surface area contributed by atoms with Crippen LogP contribution < -0.4 is 0 Å². The van der Waals surface area contributed by atoms with Gasteiger partial charge in [0.1, 0.15) is 0 Å². The zero-order valence-corrected chi connectivity index (χ0v) is 14.2. The minimum Gasteiger partial charge on any atom is -0.339 e. The molecule has 0 bridgehead atoms. The van der Waals surface area contributed by atoms with Crippen molar-refractivity contribution in [2.45, 2.75) is 44.7 Å². The zero-order chi connectivity index (χ0) is 15.9. The Labute approximate surface area is 134 Å². The van der Waals surface area contributed by atoms with Crippen molar-refractivity contribution in [2.75, 3.05) is 21.1 Å². The highest BCUT2D eigenvalue weighted by Gasteiger charge is 2.44. The van der Waals surface area contributed by atoms with Crippen LogP contribution in [0.25, 0.3) is 0 Å². The van der Waals surface area contributed by atoms with Crippen LogP contribution in [0.5, 0.6) is 0 Å². The summed E-state index contributed by atoms with van der Waals surface area (Å²) in [5.41, 5.74) is 2.01. The van der Waals surface area contributed by atoms with Crippen LogP contribution in [0.3, 0.4) is 0 Å². The molecule has 2 fully saturated rings. The van der Waals surface area contributed by atoms with E-state index in [1.54, 1.807) is 0 Å². The van der Waals surface area contributed by atoms with E-state index in [2.05, 4.69) is 25.9 Å². The highest BCUT2D eigenvalue weighted by molar-refractivity contribution is 5.94. The molecular weight excluding hydrogens is 272 g/mol. The van der Waals surface area contributed by atoms with E-state index in [1.807, 2.05) is 36.2 Å². The fraction of sp³-hybridized carbons (Fsp3) is 0.632. The molecule has 0 saturated heterocycles. The average Bonchev–Trinajstić information content (AvgIpc) is 3.05. The molecule has 22 heavy (non-hydrogen) atoms. The number of aryl methyl sites for hydroxylation is 1. The van der Waals surface area contributed by atoms with Crippen LogP contribution in [0.4, 0.5) is 0 Å². The molecule has 0 aromatic heterocycles. The number of benzene rings is 1. The van der Waals surface area contributed by atoms with Crippen molar-refractivity contribution in [1.29, 1.82) is 0 Å². The maximum Gasteiger partial charge on any atom is 0.253 e. The van der Waals surface area contributed by atoms with Gasteiger partial charge in [0, 0.05) is 24.7 Å². The summed E-state index contributed by atoms with van der Waals surface area (Å²) < 4.78 is 0. The molecule has 2 aliphatic carbocycles. The number of hydrogen-bond donors (Lipinski definition) is 0. The van der Waals surface area contributed by atoms with Crippen molar-refractivity contribution in [2.24, 2.45) is 11.8 Å². The van der Waals surface area contributed by atoms with Crippen LogP contribution in [-0.2, 0) is 0 Å². The standard InChI is InChI=1S/C19H28N2O/c1-13-5-7-14(8-6-13)19(22)21(4)18-11-15-9-17(20(2)3)10-16(15)12-18/h5-8,15-18H,9-12H2,1-4H3/t15-,16+,17?,18?. The van der Waals surface area contributed by atoms with Crippen LogP contribution >= 0.6 is 0 Å². The molecule has 1 aromatic carbocycles. The first kappa shape index (κ1) is 15.5. The smallest absolute Gasteiger partial charge is 0.253 e. The maximum atomic E-state index is 12.7. The summed E-state index contributed by atoms with van der Waals surface area (Å²) in [5.74, 6) is 1.80. The second kappa shape index (κ2) is 6.04. The van der Waals surface area contributed by atoms with Crippen molar-refractivity contribution < 1.29 is 4.79 Å². The van der Waals surface area contributed by atoms with E-state index in [0.717, 1.165) is 23.4 Å². The molecule has 1 aromatic rings. The second-order valence-corrected chi connectivity index (χ2v) is 7.52. The van der Waals surface area contributed by atoms with Gasteiger partial charge in [0.05, 0.1) is 0 Å². The molecule has 0 radical (unpaired) electrons. The highest BCUT2D eigenvalue weighted by Crippen LogP contribution is 2.46.